The highest BCUT2D eigenvalue weighted by atomic mass is 127. The van der Waals surface area contributed by atoms with Gasteiger partial charge in [0.15, 0.2) is 0 Å². The van der Waals surface area contributed by atoms with Crippen LogP contribution in [-0.2, 0) is 12.7 Å². The molecule has 3 rings (SSSR count). The van der Waals surface area contributed by atoms with Crippen LogP contribution in [0.2, 0.25) is 0 Å². The average molecular weight is 452 g/mol. The molecule has 1 aliphatic rings. The maximum atomic E-state index is 12.7. The minimum absolute atomic E-state index is 0.326. The molecule has 1 aliphatic heterocycles. The Morgan fingerprint density at radius 1 is 1.25 bits per heavy atom. The fourth-order valence-corrected chi connectivity index (χ4v) is 2.98. The Morgan fingerprint density at radius 2 is 1.92 bits per heavy atom. The molecule has 0 saturated heterocycles. The third-order valence-electron chi connectivity index (χ3n) is 3.76. The Bertz CT molecular complexity index is 747. The molecule has 2 aromatic rings. The summed E-state index contributed by atoms with van der Waals surface area (Å²) in [5.41, 5.74) is -0.181. The Morgan fingerprint density at radius 3 is 2.50 bits per heavy atom. The standard InChI is InChI=1S/C14H12F3IN4O2/c15-14(16,17)9-1-3-10(4-2-9)20-7-11(22(18)13(23)24)8-21-12(20)5-6-19-21/h1-6,11H,7-8H2,(H,23,24). The summed E-state index contributed by atoms with van der Waals surface area (Å²) < 4.78 is 40.9. The van der Waals surface area contributed by atoms with Gasteiger partial charge >= 0.3 is 12.3 Å². The summed E-state index contributed by atoms with van der Waals surface area (Å²) in [7, 11) is 0. The Hall–Kier alpha value is -1.98. The smallest absolute Gasteiger partial charge is 0.416 e. The van der Waals surface area contributed by atoms with E-state index in [1.807, 2.05) is 0 Å². The molecular formula is C14H12F3IN4O2. The van der Waals surface area contributed by atoms with Crippen molar-refractivity contribution in [2.75, 3.05) is 11.4 Å². The minimum atomic E-state index is -4.40. The van der Waals surface area contributed by atoms with Crippen LogP contribution in [0.25, 0.3) is 0 Å². The van der Waals surface area contributed by atoms with Crippen LogP contribution in [0, 0.1) is 0 Å². The largest absolute Gasteiger partial charge is 0.464 e. The van der Waals surface area contributed by atoms with Gasteiger partial charge in [-0.3, -0.25) is 0 Å². The number of anilines is 2. The summed E-state index contributed by atoms with van der Waals surface area (Å²) >= 11 is 1.71. The predicted octanol–water partition coefficient (Wildman–Crippen LogP) is 3.75. The predicted molar refractivity (Wildman–Crippen MR) is 88.3 cm³/mol. The molecule has 10 heteroatoms. The van der Waals surface area contributed by atoms with E-state index in [-0.39, 0.29) is 6.04 Å². The number of rotatable bonds is 2. The van der Waals surface area contributed by atoms with Crippen molar-refractivity contribution in [2.24, 2.45) is 0 Å². The summed E-state index contributed by atoms with van der Waals surface area (Å²) in [6.45, 7) is 0.709. The maximum absolute atomic E-state index is 12.7. The molecular weight excluding hydrogens is 440 g/mol. The zero-order chi connectivity index (χ0) is 17.5. The van der Waals surface area contributed by atoms with E-state index in [1.165, 1.54) is 12.1 Å². The lowest BCUT2D eigenvalue weighted by Gasteiger charge is -2.37. The highest BCUT2D eigenvalue weighted by Crippen LogP contribution is 2.34. The maximum Gasteiger partial charge on any atom is 0.416 e. The van der Waals surface area contributed by atoms with Gasteiger partial charge in [0.05, 0.1) is 47.2 Å². The second-order valence-corrected chi connectivity index (χ2v) is 6.31. The van der Waals surface area contributed by atoms with E-state index in [2.05, 4.69) is 5.10 Å². The molecule has 128 valence electrons. The molecule has 6 nitrogen and oxygen atoms in total. The quantitative estimate of drug-likeness (QED) is 0.557. The van der Waals surface area contributed by atoms with Crippen LogP contribution < -0.4 is 4.90 Å². The lowest BCUT2D eigenvalue weighted by molar-refractivity contribution is -0.137. The van der Waals surface area contributed by atoms with Crippen LogP contribution >= 0.6 is 22.9 Å². The first-order valence-corrected chi connectivity index (χ1v) is 7.88. The molecule has 1 aromatic heterocycles. The number of fused-ring (bicyclic) bond motifs is 1. The van der Waals surface area contributed by atoms with Gasteiger partial charge in [0.2, 0.25) is 0 Å². The van der Waals surface area contributed by atoms with E-state index >= 15 is 0 Å². The third-order valence-corrected chi connectivity index (χ3v) is 4.96. The fourth-order valence-electron chi connectivity index (χ4n) is 2.62. The molecule has 0 spiro atoms. The van der Waals surface area contributed by atoms with Crippen molar-refractivity contribution >= 4 is 40.5 Å². The van der Waals surface area contributed by atoms with E-state index in [4.69, 9.17) is 5.11 Å². The SMILES string of the molecule is O=C(O)N(I)C1CN(c2ccc(C(F)(F)F)cc2)c2ccnn2C1. The number of alkyl halides is 3. The Kier molecular flexibility index (Phi) is 4.32. The number of hydrogen-bond donors (Lipinski definition) is 1. The van der Waals surface area contributed by atoms with Gasteiger partial charge in [-0.1, -0.05) is 0 Å². The molecule has 0 radical (unpaired) electrons. The number of aromatic nitrogens is 2. The van der Waals surface area contributed by atoms with Gasteiger partial charge in [0.25, 0.3) is 0 Å². The first-order chi connectivity index (χ1) is 11.3. The lowest BCUT2D eigenvalue weighted by Crippen LogP contribution is -2.47. The second kappa shape index (κ2) is 6.15. The zero-order valence-electron chi connectivity index (χ0n) is 12.1. The van der Waals surface area contributed by atoms with Gasteiger partial charge in [-0.25, -0.2) is 12.6 Å². The van der Waals surface area contributed by atoms with E-state index in [1.54, 1.807) is 44.7 Å². The number of carbonyl (C=O) groups is 1. The summed E-state index contributed by atoms with van der Waals surface area (Å²) in [5, 5.41) is 13.3. The van der Waals surface area contributed by atoms with Crippen LogP contribution in [0.15, 0.2) is 36.5 Å². The first-order valence-electron chi connectivity index (χ1n) is 6.92. The molecule has 1 atom stereocenters. The number of benzene rings is 1. The molecule has 0 aliphatic carbocycles. The van der Waals surface area contributed by atoms with E-state index in [0.29, 0.717) is 24.6 Å². The number of halogens is 4. The van der Waals surface area contributed by atoms with Crippen molar-refractivity contribution in [1.29, 1.82) is 0 Å². The molecule has 0 fully saturated rings. The van der Waals surface area contributed by atoms with Crippen LogP contribution in [0.3, 0.4) is 0 Å². The topological polar surface area (TPSA) is 61.6 Å². The zero-order valence-corrected chi connectivity index (χ0v) is 14.3. The van der Waals surface area contributed by atoms with E-state index < -0.39 is 17.8 Å². The molecule has 24 heavy (non-hydrogen) atoms. The fraction of sp³-hybridized carbons (Fsp3) is 0.286. The monoisotopic (exact) mass is 452 g/mol. The van der Waals surface area contributed by atoms with Crippen molar-refractivity contribution < 1.29 is 23.1 Å². The lowest BCUT2D eigenvalue weighted by atomic mass is 10.1. The Labute approximate surface area is 149 Å². The first kappa shape index (κ1) is 16.9. The summed E-state index contributed by atoms with van der Waals surface area (Å²) in [6.07, 6.45) is -3.90. The molecule has 2 heterocycles. The summed E-state index contributed by atoms with van der Waals surface area (Å²) in [6, 6.07) is 6.14. The minimum Gasteiger partial charge on any atom is -0.464 e. The van der Waals surface area contributed by atoms with Gasteiger partial charge in [-0.05, 0) is 24.3 Å². The second-order valence-electron chi connectivity index (χ2n) is 5.27. The Balaban J connectivity index is 1.93. The van der Waals surface area contributed by atoms with Crippen LogP contribution in [0.5, 0.6) is 0 Å². The highest BCUT2D eigenvalue weighted by Gasteiger charge is 2.33. The highest BCUT2D eigenvalue weighted by molar-refractivity contribution is 14.1. The van der Waals surface area contributed by atoms with Crippen molar-refractivity contribution in [3.8, 4) is 0 Å². The van der Waals surface area contributed by atoms with Crippen LogP contribution in [-0.4, -0.2) is 36.7 Å². The average Bonchev–Trinajstić information content (AvgIpc) is 3.00. The molecule has 1 unspecified atom stereocenters. The van der Waals surface area contributed by atoms with E-state index in [9.17, 15) is 18.0 Å². The molecule has 1 N–H and O–H groups in total. The molecule has 1 amide bonds. The molecule has 0 bridgehead atoms. The van der Waals surface area contributed by atoms with Gasteiger partial charge in [0.1, 0.15) is 5.82 Å². The van der Waals surface area contributed by atoms with Gasteiger partial charge in [0, 0.05) is 18.3 Å². The van der Waals surface area contributed by atoms with Gasteiger partial charge < -0.3 is 10.0 Å². The van der Waals surface area contributed by atoms with Gasteiger partial charge in [-0.2, -0.15) is 18.3 Å². The van der Waals surface area contributed by atoms with Gasteiger partial charge in [-0.15, -0.1) is 0 Å². The van der Waals surface area contributed by atoms with Crippen molar-refractivity contribution in [2.45, 2.75) is 18.8 Å². The summed E-state index contributed by atoms with van der Waals surface area (Å²) in [5.74, 6) is 0.709. The molecule has 1 aromatic carbocycles. The number of amides is 1. The number of carboxylic acid groups (broad SMARTS) is 1. The van der Waals surface area contributed by atoms with Crippen molar-refractivity contribution in [3.63, 3.8) is 0 Å². The van der Waals surface area contributed by atoms with Crippen LogP contribution in [0.4, 0.5) is 29.5 Å². The van der Waals surface area contributed by atoms with E-state index in [0.717, 1.165) is 15.2 Å². The molecule has 0 saturated carbocycles. The van der Waals surface area contributed by atoms with Crippen molar-refractivity contribution in [3.05, 3.63) is 42.1 Å². The third kappa shape index (κ3) is 3.14. The van der Waals surface area contributed by atoms with Crippen LogP contribution in [0.1, 0.15) is 5.56 Å². The number of nitrogens with zero attached hydrogens (tertiary/aromatic N) is 4. The normalized spacial score (nSPS) is 17.5. The summed E-state index contributed by atoms with van der Waals surface area (Å²) in [4.78, 5) is 13.0. The van der Waals surface area contributed by atoms with Crippen molar-refractivity contribution in [1.82, 2.24) is 12.9 Å². The number of hydrogen-bond acceptors (Lipinski definition) is 3.